The van der Waals surface area contributed by atoms with E-state index in [0.717, 1.165) is 0 Å². The van der Waals surface area contributed by atoms with Crippen LogP contribution in [0.15, 0.2) is 24.3 Å². The van der Waals surface area contributed by atoms with Gasteiger partial charge in [-0.25, -0.2) is 4.79 Å². The van der Waals surface area contributed by atoms with Crippen LogP contribution in [-0.4, -0.2) is 75.3 Å². The third kappa shape index (κ3) is 6.59. The molecule has 170 valence electrons. The van der Waals surface area contributed by atoms with E-state index in [0.29, 0.717) is 18.4 Å². The molecule has 10 nitrogen and oxygen atoms in total. The molecule has 1 heterocycles. The van der Waals surface area contributed by atoms with Crippen molar-refractivity contribution in [2.75, 3.05) is 12.3 Å². The number of carboxylic acids is 1. The SMILES string of the molecule is CC(N)C(=O)NC(Cc1ccc(O)cc1)C(=O)NC(CS)C(=O)N1CCCC1C(=O)O. The van der Waals surface area contributed by atoms with Gasteiger partial charge >= 0.3 is 5.97 Å². The lowest BCUT2D eigenvalue weighted by Crippen LogP contribution is -2.58. The lowest BCUT2D eigenvalue weighted by Gasteiger charge is -2.28. The lowest BCUT2D eigenvalue weighted by atomic mass is 10.0. The first-order chi connectivity index (χ1) is 14.6. The summed E-state index contributed by atoms with van der Waals surface area (Å²) in [5.41, 5.74) is 6.26. The summed E-state index contributed by atoms with van der Waals surface area (Å²) in [5, 5.41) is 23.9. The van der Waals surface area contributed by atoms with Crippen molar-refractivity contribution in [2.45, 2.75) is 50.4 Å². The van der Waals surface area contributed by atoms with Crippen LogP contribution in [0, 0.1) is 0 Å². The summed E-state index contributed by atoms with van der Waals surface area (Å²) in [6.45, 7) is 1.76. The Balaban J connectivity index is 2.15. The number of benzene rings is 1. The van der Waals surface area contributed by atoms with Gasteiger partial charge in [-0.3, -0.25) is 14.4 Å². The van der Waals surface area contributed by atoms with Crippen molar-refractivity contribution in [2.24, 2.45) is 5.73 Å². The smallest absolute Gasteiger partial charge is 0.326 e. The van der Waals surface area contributed by atoms with E-state index < -0.39 is 47.9 Å². The molecule has 6 N–H and O–H groups in total. The molecule has 0 radical (unpaired) electrons. The number of nitrogens with one attached hydrogen (secondary N) is 2. The number of aliphatic carboxylic acids is 1. The number of nitrogens with two attached hydrogens (primary N) is 1. The largest absolute Gasteiger partial charge is 0.508 e. The molecule has 0 aliphatic carbocycles. The fraction of sp³-hybridized carbons (Fsp3) is 0.500. The Morgan fingerprint density at radius 3 is 2.32 bits per heavy atom. The number of likely N-dealkylation sites (tertiary alicyclic amines) is 1. The summed E-state index contributed by atoms with van der Waals surface area (Å²) in [4.78, 5) is 50.5. The first-order valence-corrected chi connectivity index (χ1v) is 10.6. The van der Waals surface area contributed by atoms with Crippen LogP contribution in [0.5, 0.6) is 5.75 Å². The van der Waals surface area contributed by atoms with Crippen molar-refractivity contribution < 1.29 is 29.4 Å². The molecule has 1 fully saturated rings. The Hall–Kier alpha value is -2.79. The van der Waals surface area contributed by atoms with Crippen LogP contribution in [-0.2, 0) is 25.6 Å². The molecule has 1 aromatic carbocycles. The molecule has 0 bridgehead atoms. The van der Waals surface area contributed by atoms with Crippen molar-refractivity contribution in [1.29, 1.82) is 0 Å². The molecule has 3 amide bonds. The zero-order chi connectivity index (χ0) is 23.1. The van der Waals surface area contributed by atoms with E-state index in [1.165, 1.54) is 24.0 Å². The fourth-order valence-corrected chi connectivity index (χ4v) is 3.57. The molecule has 31 heavy (non-hydrogen) atoms. The number of phenolic OH excluding ortho intramolecular Hbond substituents is 1. The summed E-state index contributed by atoms with van der Waals surface area (Å²) in [6, 6.07) is 2.26. The van der Waals surface area contributed by atoms with Crippen molar-refractivity contribution in [3.05, 3.63) is 29.8 Å². The van der Waals surface area contributed by atoms with E-state index >= 15 is 0 Å². The van der Waals surface area contributed by atoms with Crippen LogP contribution in [0.25, 0.3) is 0 Å². The van der Waals surface area contributed by atoms with Gasteiger partial charge in [0, 0.05) is 18.7 Å². The summed E-state index contributed by atoms with van der Waals surface area (Å²) in [6.07, 6.45) is 1.01. The van der Waals surface area contributed by atoms with E-state index in [2.05, 4.69) is 23.3 Å². The van der Waals surface area contributed by atoms with Crippen molar-refractivity contribution in [1.82, 2.24) is 15.5 Å². The van der Waals surface area contributed by atoms with Crippen molar-refractivity contribution in [3.63, 3.8) is 0 Å². The van der Waals surface area contributed by atoms with Gasteiger partial charge < -0.3 is 31.5 Å². The van der Waals surface area contributed by atoms with Gasteiger partial charge in [0.05, 0.1) is 6.04 Å². The number of rotatable bonds is 9. The second kappa shape index (κ2) is 11.0. The van der Waals surface area contributed by atoms with Gasteiger partial charge in [-0.2, -0.15) is 12.6 Å². The number of nitrogens with zero attached hydrogens (tertiary/aromatic N) is 1. The number of carbonyl (C=O) groups is 4. The summed E-state index contributed by atoms with van der Waals surface area (Å²) in [7, 11) is 0. The Morgan fingerprint density at radius 2 is 1.77 bits per heavy atom. The predicted octanol–water partition coefficient (Wildman–Crippen LogP) is -0.743. The third-order valence-electron chi connectivity index (χ3n) is 5.04. The number of thiol groups is 1. The molecule has 0 aromatic heterocycles. The maximum absolute atomic E-state index is 12.9. The van der Waals surface area contributed by atoms with Crippen LogP contribution in [0.1, 0.15) is 25.3 Å². The summed E-state index contributed by atoms with van der Waals surface area (Å²) < 4.78 is 0. The number of phenols is 1. The summed E-state index contributed by atoms with van der Waals surface area (Å²) in [5.74, 6) is -2.78. The molecule has 1 saturated heterocycles. The molecule has 1 aromatic rings. The zero-order valence-electron chi connectivity index (χ0n) is 17.2. The molecule has 1 aliphatic heterocycles. The third-order valence-corrected chi connectivity index (χ3v) is 5.41. The number of aromatic hydroxyl groups is 1. The lowest BCUT2D eigenvalue weighted by molar-refractivity contribution is -0.149. The van der Waals surface area contributed by atoms with Crippen LogP contribution in [0.3, 0.4) is 0 Å². The Morgan fingerprint density at radius 1 is 1.16 bits per heavy atom. The minimum Gasteiger partial charge on any atom is -0.508 e. The van der Waals surface area contributed by atoms with E-state index in [-0.39, 0.29) is 24.5 Å². The van der Waals surface area contributed by atoms with Gasteiger partial charge in [-0.15, -0.1) is 0 Å². The number of carboxylic acid groups (broad SMARTS) is 1. The Bertz CT molecular complexity index is 816. The Kier molecular flexibility index (Phi) is 8.69. The minimum absolute atomic E-state index is 0.0411. The average molecular weight is 453 g/mol. The molecular weight excluding hydrogens is 424 g/mol. The first kappa shape index (κ1) is 24.5. The fourth-order valence-electron chi connectivity index (χ4n) is 3.33. The monoisotopic (exact) mass is 452 g/mol. The molecule has 4 atom stereocenters. The van der Waals surface area contributed by atoms with Crippen LogP contribution < -0.4 is 16.4 Å². The molecule has 4 unspecified atom stereocenters. The van der Waals surface area contributed by atoms with E-state index in [1.807, 2.05) is 0 Å². The van der Waals surface area contributed by atoms with Gasteiger partial charge in [0.25, 0.3) is 0 Å². The highest BCUT2D eigenvalue weighted by atomic mass is 32.1. The van der Waals surface area contributed by atoms with Gasteiger partial charge in [0.15, 0.2) is 0 Å². The second-order valence-electron chi connectivity index (χ2n) is 7.49. The summed E-state index contributed by atoms with van der Waals surface area (Å²) >= 11 is 4.14. The maximum atomic E-state index is 12.9. The minimum atomic E-state index is -1.09. The van der Waals surface area contributed by atoms with E-state index in [1.54, 1.807) is 12.1 Å². The first-order valence-electron chi connectivity index (χ1n) is 9.92. The zero-order valence-corrected chi connectivity index (χ0v) is 18.0. The van der Waals surface area contributed by atoms with Gasteiger partial charge in [0.2, 0.25) is 17.7 Å². The second-order valence-corrected chi connectivity index (χ2v) is 7.86. The maximum Gasteiger partial charge on any atom is 0.326 e. The van der Waals surface area contributed by atoms with Gasteiger partial charge in [-0.1, -0.05) is 12.1 Å². The molecule has 11 heteroatoms. The standard InChI is InChI=1S/C20H28N4O6S/c1-11(21)17(26)22-14(9-12-4-6-13(25)7-5-12)18(27)23-15(10-31)19(28)24-8-2-3-16(24)20(29)30/h4-7,11,14-16,25,31H,2-3,8-10,21H2,1H3,(H,22,26)(H,23,27)(H,29,30). The van der Waals surface area contributed by atoms with Crippen LogP contribution in [0.4, 0.5) is 0 Å². The van der Waals surface area contributed by atoms with E-state index in [9.17, 15) is 29.4 Å². The van der Waals surface area contributed by atoms with Gasteiger partial charge in [-0.05, 0) is 37.5 Å². The van der Waals surface area contributed by atoms with E-state index in [4.69, 9.17) is 5.73 Å². The number of carbonyl (C=O) groups excluding carboxylic acids is 3. The quantitative estimate of drug-likeness (QED) is 0.269. The number of amides is 3. The van der Waals surface area contributed by atoms with Crippen LogP contribution >= 0.6 is 12.6 Å². The normalized spacial score (nSPS) is 18.7. The molecule has 0 saturated carbocycles. The highest BCUT2D eigenvalue weighted by molar-refractivity contribution is 7.80. The Labute approximate surface area is 185 Å². The molecule has 1 aliphatic rings. The van der Waals surface area contributed by atoms with Crippen molar-refractivity contribution in [3.8, 4) is 5.75 Å². The highest BCUT2D eigenvalue weighted by Gasteiger charge is 2.38. The predicted molar refractivity (Wildman–Crippen MR) is 116 cm³/mol. The topological polar surface area (TPSA) is 162 Å². The average Bonchev–Trinajstić information content (AvgIpc) is 3.22. The van der Waals surface area contributed by atoms with Crippen molar-refractivity contribution >= 4 is 36.3 Å². The molecular formula is C20H28N4O6S. The van der Waals surface area contributed by atoms with Crippen LogP contribution in [0.2, 0.25) is 0 Å². The molecule has 2 rings (SSSR count). The number of hydrogen-bond donors (Lipinski definition) is 6. The van der Waals surface area contributed by atoms with Gasteiger partial charge in [0.1, 0.15) is 23.9 Å². The molecule has 0 spiro atoms. The highest BCUT2D eigenvalue weighted by Crippen LogP contribution is 2.19. The number of hydrogen-bond acceptors (Lipinski definition) is 7.